The Balaban J connectivity index is 1.29. The normalized spacial score (nSPS) is 12.6. The van der Waals surface area contributed by atoms with Gasteiger partial charge < -0.3 is 9.47 Å². The van der Waals surface area contributed by atoms with Crippen molar-refractivity contribution in [1.29, 1.82) is 0 Å². The maximum absolute atomic E-state index is 12.9. The van der Waals surface area contributed by atoms with Gasteiger partial charge in [-0.15, -0.1) is 0 Å². The molecule has 0 amide bonds. The first-order chi connectivity index (χ1) is 19.1. The van der Waals surface area contributed by atoms with Gasteiger partial charge in [0.15, 0.2) is 0 Å². The molecule has 208 valence electrons. The number of fused-ring (bicyclic) bond motifs is 3. The number of hydrogen-bond acceptors (Lipinski definition) is 3. The predicted molar refractivity (Wildman–Crippen MR) is 162 cm³/mol. The first kappa shape index (κ1) is 28.9. The minimum absolute atomic E-state index is 0.217. The van der Waals surface area contributed by atoms with Crippen LogP contribution in [0, 0.1) is 0 Å². The molecule has 3 nitrogen and oxygen atoms in total. The molecule has 0 radical (unpaired) electrons. The molecule has 3 aromatic rings. The molecule has 1 unspecified atom stereocenters. The number of rotatable bonds is 16. The Hall–Kier alpha value is -3.07. The van der Waals surface area contributed by atoms with E-state index in [-0.39, 0.29) is 12.1 Å². The summed E-state index contributed by atoms with van der Waals surface area (Å²) >= 11 is 0. The zero-order valence-electron chi connectivity index (χ0n) is 24.3. The van der Waals surface area contributed by atoms with E-state index in [1.807, 2.05) is 24.3 Å². The number of carbonyl (C=O) groups excluding carboxylic acids is 1. The molecule has 1 atom stereocenters. The van der Waals surface area contributed by atoms with Gasteiger partial charge in [-0.25, -0.2) is 4.79 Å². The number of esters is 1. The summed E-state index contributed by atoms with van der Waals surface area (Å²) in [6, 6.07) is 20.3. The molecule has 39 heavy (non-hydrogen) atoms. The SMILES string of the molecule is CCCCCCCCc1ccc(OC(=O)c2ccc3c(c2)Cc2cc(OC(C)CCCCCC)ccc2-3)cc1. The van der Waals surface area contributed by atoms with E-state index in [4.69, 9.17) is 9.47 Å². The summed E-state index contributed by atoms with van der Waals surface area (Å²) in [6.07, 6.45) is 16.0. The number of hydrogen-bond donors (Lipinski definition) is 0. The van der Waals surface area contributed by atoms with E-state index in [9.17, 15) is 4.79 Å². The molecule has 0 heterocycles. The lowest BCUT2D eigenvalue weighted by atomic mass is 10.0. The van der Waals surface area contributed by atoms with Gasteiger partial charge in [-0.1, -0.05) is 89.5 Å². The first-order valence-corrected chi connectivity index (χ1v) is 15.3. The van der Waals surface area contributed by atoms with Crippen LogP contribution in [0.2, 0.25) is 0 Å². The van der Waals surface area contributed by atoms with Crippen LogP contribution in [0.25, 0.3) is 11.1 Å². The van der Waals surface area contributed by atoms with E-state index in [2.05, 4.69) is 57.2 Å². The Morgan fingerprint density at radius 2 is 1.33 bits per heavy atom. The highest BCUT2D eigenvalue weighted by atomic mass is 16.5. The Bertz CT molecular complexity index is 1190. The van der Waals surface area contributed by atoms with Crippen LogP contribution < -0.4 is 9.47 Å². The van der Waals surface area contributed by atoms with Crippen LogP contribution >= 0.6 is 0 Å². The van der Waals surface area contributed by atoms with Gasteiger partial charge in [0.1, 0.15) is 11.5 Å². The quantitative estimate of drug-likeness (QED) is 0.0827. The average molecular weight is 527 g/mol. The maximum atomic E-state index is 12.9. The standard InChI is InChI=1S/C36H46O3/c1-4-6-8-10-11-13-15-28-16-19-32(20-17-28)39-36(37)29-18-22-34-30(24-29)25-31-26-33(21-23-35(31)34)38-27(3)14-12-9-7-5-2/h16-24,26-27H,4-15,25H2,1-3H3. The van der Waals surface area contributed by atoms with Crippen molar-refractivity contribution in [2.75, 3.05) is 0 Å². The van der Waals surface area contributed by atoms with E-state index < -0.39 is 0 Å². The van der Waals surface area contributed by atoms with E-state index >= 15 is 0 Å². The van der Waals surface area contributed by atoms with Crippen LogP contribution in [-0.4, -0.2) is 12.1 Å². The zero-order chi connectivity index (χ0) is 27.5. The van der Waals surface area contributed by atoms with E-state index in [1.54, 1.807) is 0 Å². The second-order valence-corrected chi connectivity index (χ2v) is 11.2. The van der Waals surface area contributed by atoms with Gasteiger partial charge in [0.05, 0.1) is 11.7 Å². The largest absolute Gasteiger partial charge is 0.491 e. The van der Waals surface area contributed by atoms with Crippen LogP contribution in [0.4, 0.5) is 0 Å². The molecule has 3 heteroatoms. The molecule has 3 aromatic carbocycles. The number of aryl methyl sites for hydroxylation is 1. The third kappa shape index (κ3) is 8.46. The van der Waals surface area contributed by atoms with Crippen molar-refractivity contribution in [3.05, 3.63) is 82.9 Å². The highest BCUT2D eigenvalue weighted by Gasteiger charge is 2.21. The van der Waals surface area contributed by atoms with Crippen LogP contribution in [0.5, 0.6) is 11.5 Å². The van der Waals surface area contributed by atoms with Crippen LogP contribution in [0.3, 0.4) is 0 Å². The molecule has 0 aliphatic heterocycles. The van der Waals surface area contributed by atoms with Crippen molar-refractivity contribution in [2.24, 2.45) is 0 Å². The third-order valence-electron chi connectivity index (χ3n) is 7.84. The first-order valence-electron chi connectivity index (χ1n) is 15.3. The number of carbonyl (C=O) groups is 1. The number of ether oxygens (including phenoxy) is 2. The Kier molecular flexibility index (Phi) is 11.1. The maximum Gasteiger partial charge on any atom is 0.343 e. The number of benzene rings is 3. The fourth-order valence-electron chi connectivity index (χ4n) is 5.54. The molecule has 4 rings (SSSR count). The third-order valence-corrected chi connectivity index (χ3v) is 7.84. The summed E-state index contributed by atoms with van der Waals surface area (Å²) in [5.41, 5.74) is 6.74. The van der Waals surface area contributed by atoms with Crippen molar-refractivity contribution in [3.63, 3.8) is 0 Å². The molecule has 0 bridgehead atoms. The lowest BCUT2D eigenvalue weighted by molar-refractivity contribution is 0.0734. The van der Waals surface area contributed by atoms with Crippen LogP contribution in [-0.2, 0) is 12.8 Å². The molecular formula is C36H46O3. The lowest BCUT2D eigenvalue weighted by Gasteiger charge is -2.15. The zero-order valence-corrected chi connectivity index (χ0v) is 24.3. The van der Waals surface area contributed by atoms with E-state index in [0.29, 0.717) is 11.3 Å². The van der Waals surface area contributed by atoms with Gasteiger partial charge in [0.25, 0.3) is 0 Å². The average Bonchev–Trinajstić information content (AvgIpc) is 3.31. The molecule has 0 saturated carbocycles. The summed E-state index contributed by atoms with van der Waals surface area (Å²) < 4.78 is 11.9. The fourth-order valence-corrected chi connectivity index (χ4v) is 5.54. The van der Waals surface area contributed by atoms with Crippen molar-refractivity contribution in [3.8, 4) is 22.6 Å². The van der Waals surface area contributed by atoms with Gasteiger partial charge >= 0.3 is 5.97 Å². The minimum Gasteiger partial charge on any atom is -0.491 e. The molecule has 0 N–H and O–H groups in total. The molecule has 0 aromatic heterocycles. The summed E-state index contributed by atoms with van der Waals surface area (Å²) in [5, 5.41) is 0. The smallest absolute Gasteiger partial charge is 0.343 e. The summed E-state index contributed by atoms with van der Waals surface area (Å²) in [5.74, 6) is 1.23. The van der Waals surface area contributed by atoms with E-state index in [0.717, 1.165) is 25.0 Å². The Morgan fingerprint density at radius 3 is 2.08 bits per heavy atom. The van der Waals surface area contributed by atoms with Crippen molar-refractivity contribution < 1.29 is 14.3 Å². The highest BCUT2D eigenvalue weighted by molar-refractivity contribution is 5.93. The Morgan fingerprint density at radius 1 is 0.718 bits per heavy atom. The van der Waals surface area contributed by atoms with Gasteiger partial charge in [0, 0.05) is 0 Å². The van der Waals surface area contributed by atoms with Crippen LogP contribution in [0.15, 0.2) is 60.7 Å². The molecule has 0 fully saturated rings. The molecule has 0 spiro atoms. The van der Waals surface area contributed by atoms with Gasteiger partial charge in [-0.2, -0.15) is 0 Å². The van der Waals surface area contributed by atoms with Crippen molar-refractivity contribution >= 4 is 5.97 Å². The van der Waals surface area contributed by atoms with Gasteiger partial charge in [0.2, 0.25) is 0 Å². The summed E-state index contributed by atoms with van der Waals surface area (Å²) in [7, 11) is 0. The monoisotopic (exact) mass is 526 g/mol. The van der Waals surface area contributed by atoms with E-state index in [1.165, 1.54) is 92.0 Å². The second-order valence-electron chi connectivity index (χ2n) is 11.2. The number of unbranched alkanes of at least 4 members (excludes halogenated alkanes) is 8. The van der Waals surface area contributed by atoms with Crippen molar-refractivity contribution in [2.45, 2.75) is 110 Å². The molecular weight excluding hydrogens is 480 g/mol. The predicted octanol–water partition coefficient (Wildman–Crippen LogP) is 10.1. The summed E-state index contributed by atoms with van der Waals surface area (Å²) in [6.45, 7) is 6.65. The highest BCUT2D eigenvalue weighted by Crippen LogP contribution is 2.39. The summed E-state index contributed by atoms with van der Waals surface area (Å²) in [4.78, 5) is 12.9. The molecule has 1 aliphatic rings. The Labute approximate surface area is 235 Å². The minimum atomic E-state index is -0.307. The second kappa shape index (κ2) is 14.9. The van der Waals surface area contributed by atoms with Crippen LogP contribution in [0.1, 0.15) is 118 Å². The lowest BCUT2D eigenvalue weighted by Crippen LogP contribution is -2.11. The topological polar surface area (TPSA) is 35.5 Å². The molecule has 0 saturated heterocycles. The van der Waals surface area contributed by atoms with Crippen molar-refractivity contribution in [1.82, 2.24) is 0 Å². The van der Waals surface area contributed by atoms with Gasteiger partial charge in [-0.3, -0.25) is 0 Å². The van der Waals surface area contributed by atoms with Gasteiger partial charge in [-0.05, 0) is 103 Å². The molecule has 1 aliphatic carbocycles. The fraction of sp³-hybridized carbons (Fsp3) is 0.472.